The van der Waals surface area contributed by atoms with Crippen molar-refractivity contribution in [2.75, 3.05) is 6.54 Å². The molecule has 0 fully saturated rings. The van der Waals surface area contributed by atoms with Crippen LogP contribution in [0.5, 0.6) is 0 Å². The molecule has 0 saturated heterocycles. The molecule has 16 heavy (non-hydrogen) atoms. The van der Waals surface area contributed by atoms with Crippen LogP contribution >= 0.6 is 0 Å². The molecular weight excluding hydrogens is 219 g/mol. The van der Waals surface area contributed by atoms with Gasteiger partial charge in [-0.3, -0.25) is 0 Å². The van der Waals surface area contributed by atoms with E-state index in [0.717, 1.165) is 12.0 Å². The van der Waals surface area contributed by atoms with Crippen molar-refractivity contribution in [3.8, 4) is 0 Å². The summed E-state index contributed by atoms with van der Waals surface area (Å²) in [5, 5.41) is 3.12. The second-order valence-corrected chi connectivity index (χ2v) is 4.40. The number of nitrogens with one attached hydrogen (secondary N) is 1. The molecule has 1 N–H and O–H groups in total. The van der Waals surface area contributed by atoms with E-state index in [-0.39, 0.29) is 6.42 Å². The van der Waals surface area contributed by atoms with E-state index >= 15 is 0 Å². The molecule has 0 aliphatic carbocycles. The van der Waals surface area contributed by atoms with Crippen molar-refractivity contribution in [3.05, 3.63) is 23.7 Å². The molecule has 2 rings (SSSR count). The smallest absolute Gasteiger partial charge is 0.389 e. The summed E-state index contributed by atoms with van der Waals surface area (Å²) < 4.78 is 42.0. The maximum atomic E-state index is 12.2. The first-order valence-corrected chi connectivity index (χ1v) is 5.29. The average Bonchev–Trinajstić information content (AvgIpc) is 2.64. The van der Waals surface area contributed by atoms with E-state index in [0.29, 0.717) is 12.3 Å². The van der Waals surface area contributed by atoms with Gasteiger partial charge in [-0.1, -0.05) is 0 Å². The molecule has 2 heterocycles. The van der Waals surface area contributed by atoms with E-state index in [1.165, 1.54) is 0 Å². The van der Waals surface area contributed by atoms with Crippen LogP contribution in [0.3, 0.4) is 0 Å². The zero-order valence-corrected chi connectivity index (χ0v) is 9.03. The summed E-state index contributed by atoms with van der Waals surface area (Å²) in [6, 6.07) is 1.84. The quantitative estimate of drug-likeness (QED) is 0.849. The normalized spacial score (nSPS) is 25.5. The van der Waals surface area contributed by atoms with Gasteiger partial charge in [-0.2, -0.15) is 13.2 Å². The van der Waals surface area contributed by atoms with Gasteiger partial charge in [-0.15, -0.1) is 0 Å². The molecule has 1 aliphatic heterocycles. The topological polar surface area (TPSA) is 25.2 Å². The summed E-state index contributed by atoms with van der Waals surface area (Å²) in [6.07, 6.45) is -2.54. The van der Waals surface area contributed by atoms with Crippen LogP contribution in [0.15, 0.2) is 16.7 Å². The predicted molar refractivity (Wildman–Crippen MR) is 53.1 cm³/mol. The van der Waals surface area contributed by atoms with Gasteiger partial charge in [0.05, 0.1) is 11.8 Å². The average molecular weight is 233 g/mol. The maximum absolute atomic E-state index is 12.2. The lowest BCUT2D eigenvalue weighted by Gasteiger charge is -2.34. The Balaban J connectivity index is 2.15. The van der Waals surface area contributed by atoms with Gasteiger partial charge in [0.2, 0.25) is 0 Å². The molecule has 0 bridgehead atoms. The van der Waals surface area contributed by atoms with E-state index in [2.05, 4.69) is 5.32 Å². The van der Waals surface area contributed by atoms with Gasteiger partial charge in [-0.05, 0) is 31.4 Å². The Morgan fingerprint density at radius 2 is 2.25 bits per heavy atom. The molecule has 5 heteroatoms. The summed E-state index contributed by atoms with van der Waals surface area (Å²) in [4.78, 5) is 0. The lowest BCUT2D eigenvalue weighted by molar-refractivity contribution is -0.139. The first-order valence-electron chi connectivity index (χ1n) is 5.29. The van der Waals surface area contributed by atoms with Crippen molar-refractivity contribution in [1.82, 2.24) is 5.32 Å². The number of rotatable bonds is 2. The van der Waals surface area contributed by atoms with Gasteiger partial charge < -0.3 is 9.73 Å². The molecule has 1 aromatic rings. The van der Waals surface area contributed by atoms with Crippen molar-refractivity contribution in [3.63, 3.8) is 0 Å². The first-order chi connectivity index (χ1) is 7.41. The zero-order chi connectivity index (χ0) is 11.8. The molecule has 1 atom stereocenters. The third-order valence-corrected chi connectivity index (χ3v) is 3.07. The van der Waals surface area contributed by atoms with Crippen LogP contribution in [0, 0.1) is 0 Å². The molecule has 90 valence electrons. The van der Waals surface area contributed by atoms with Crippen LogP contribution in [0.25, 0.3) is 0 Å². The van der Waals surface area contributed by atoms with Gasteiger partial charge in [0.1, 0.15) is 5.76 Å². The number of halogens is 3. The minimum atomic E-state index is -4.12. The summed E-state index contributed by atoms with van der Waals surface area (Å²) in [6.45, 7) is 2.46. The van der Waals surface area contributed by atoms with Crippen molar-refractivity contribution in [1.29, 1.82) is 0 Å². The number of hydrogen-bond donors (Lipinski definition) is 1. The second kappa shape index (κ2) is 3.80. The highest BCUT2D eigenvalue weighted by Crippen LogP contribution is 2.36. The van der Waals surface area contributed by atoms with Gasteiger partial charge >= 0.3 is 6.18 Å². The maximum Gasteiger partial charge on any atom is 0.389 e. The summed E-state index contributed by atoms with van der Waals surface area (Å²) >= 11 is 0. The van der Waals surface area contributed by atoms with Crippen molar-refractivity contribution >= 4 is 0 Å². The van der Waals surface area contributed by atoms with E-state index in [1.54, 1.807) is 13.2 Å². The molecule has 1 aromatic heterocycles. The molecule has 0 amide bonds. The first kappa shape index (κ1) is 11.5. The lowest BCUT2D eigenvalue weighted by atomic mass is 9.86. The minimum absolute atomic E-state index is 0.0109. The largest absolute Gasteiger partial charge is 0.467 e. The molecular formula is C11H14F3NO. The number of fused-ring (bicyclic) bond motifs is 1. The monoisotopic (exact) mass is 233 g/mol. The third-order valence-electron chi connectivity index (χ3n) is 3.07. The standard InChI is InChI=1S/C11H14F3NO/c1-10(4-5-11(12,13)14)9-8(2-6-15-10)3-7-16-9/h3,7,15H,2,4-6H2,1H3. The van der Waals surface area contributed by atoms with Gasteiger partial charge in [-0.25, -0.2) is 0 Å². The van der Waals surface area contributed by atoms with Gasteiger partial charge in [0, 0.05) is 13.0 Å². The number of hydrogen-bond acceptors (Lipinski definition) is 2. The third kappa shape index (κ3) is 2.24. The summed E-state index contributed by atoms with van der Waals surface area (Å²) in [5.41, 5.74) is 0.329. The Kier molecular flexibility index (Phi) is 2.74. The van der Waals surface area contributed by atoms with Crippen LogP contribution in [0.4, 0.5) is 13.2 Å². The Morgan fingerprint density at radius 1 is 1.50 bits per heavy atom. The Morgan fingerprint density at radius 3 is 2.94 bits per heavy atom. The number of furan rings is 1. The second-order valence-electron chi connectivity index (χ2n) is 4.40. The van der Waals surface area contributed by atoms with Crippen molar-refractivity contribution < 1.29 is 17.6 Å². The zero-order valence-electron chi connectivity index (χ0n) is 9.03. The highest BCUT2D eigenvalue weighted by Gasteiger charge is 2.38. The van der Waals surface area contributed by atoms with Gasteiger partial charge in [0.25, 0.3) is 0 Å². The highest BCUT2D eigenvalue weighted by atomic mass is 19.4. The Bertz CT molecular complexity index is 372. The van der Waals surface area contributed by atoms with Crippen LogP contribution in [-0.4, -0.2) is 12.7 Å². The molecule has 0 saturated carbocycles. The highest BCUT2D eigenvalue weighted by molar-refractivity contribution is 5.27. The van der Waals surface area contributed by atoms with E-state index in [1.807, 2.05) is 6.07 Å². The molecule has 1 unspecified atom stereocenters. The Hall–Kier alpha value is -0.970. The van der Waals surface area contributed by atoms with Crippen LogP contribution in [-0.2, 0) is 12.0 Å². The molecule has 2 nitrogen and oxygen atoms in total. The van der Waals surface area contributed by atoms with Crippen molar-refractivity contribution in [2.24, 2.45) is 0 Å². The SMILES string of the molecule is CC1(CCC(F)(F)F)NCCc2ccoc21. The van der Waals surface area contributed by atoms with E-state index in [4.69, 9.17) is 4.42 Å². The molecule has 0 aromatic carbocycles. The fourth-order valence-corrected chi connectivity index (χ4v) is 2.16. The molecule has 0 radical (unpaired) electrons. The van der Waals surface area contributed by atoms with E-state index < -0.39 is 18.1 Å². The lowest BCUT2D eigenvalue weighted by Crippen LogP contribution is -2.45. The van der Waals surface area contributed by atoms with Crippen LogP contribution < -0.4 is 5.32 Å². The Labute approximate surface area is 91.8 Å². The van der Waals surface area contributed by atoms with Gasteiger partial charge in [0.15, 0.2) is 0 Å². The van der Waals surface area contributed by atoms with Crippen LogP contribution in [0.2, 0.25) is 0 Å². The fraction of sp³-hybridized carbons (Fsp3) is 0.636. The number of alkyl halides is 3. The minimum Gasteiger partial charge on any atom is -0.467 e. The van der Waals surface area contributed by atoms with Crippen LogP contribution in [0.1, 0.15) is 31.1 Å². The predicted octanol–water partition coefficient (Wildman–Crippen LogP) is 2.98. The molecule has 0 spiro atoms. The summed E-state index contributed by atoms with van der Waals surface area (Å²) in [7, 11) is 0. The summed E-state index contributed by atoms with van der Waals surface area (Å²) in [5.74, 6) is 0.656. The molecule has 1 aliphatic rings. The fourth-order valence-electron chi connectivity index (χ4n) is 2.16. The van der Waals surface area contributed by atoms with Crippen molar-refractivity contribution in [2.45, 2.75) is 37.9 Å². The van der Waals surface area contributed by atoms with E-state index in [9.17, 15) is 13.2 Å².